The van der Waals surface area contributed by atoms with Gasteiger partial charge in [0, 0.05) is 16.3 Å². The third-order valence-corrected chi connectivity index (χ3v) is 5.28. The maximum Gasteiger partial charge on any atom is 0.257 e. The van der Waals surface area contributed by atoms with Gasteiger partial charge in [0.25, 0.3) is 5.91 Å². The molecule has 0 fully saturated rings. The van der Waals surface area contributed by atoms with Crippen molar-refractivity contribution < 1.29 is 13.2 Å². The lowest BCUT2D eigenvalue weighted by Crippen LogP contribution is -2.27. The Morgan fingerprint density at radius 1 is 1.17 bits per heavy atom. The quantitative estimate of drug-likeness (QED) is 0.737. The third-order valence-electron chi connectivity index (χ3n) is 3.42. The molecule has 0 saturated carbocycles. The van der Waals surface area contributed by atoms with Crippen molar-refractivity contribution in [2.75, 3.05) is 22.9 Å². The van der Waals surface area contributed by atoms with Crippen LogP contribution in [0.4, 0.5) is 11.4 Å². The second-order valence-corrected chi connectivity index (χ2v) is 8.42. The van der Waals surface area contributed by atoms with Crippen LogP contribution >= 0.6 is 22.6 Å². The zero-order valence-corrected chi connectivity index (χ0v) is 16.0. The van der Waals surface area contributed by atoms with Crippen molar-refractivity contribution in [1.29, 1.82) is 0 Å². The molecule has 0 aromatic heterocycles. The van der Waals surface area contributed by atoms with Crippen LogP contribution in [-0.4, -0.2) is 27.6 Å². The Bertz CT molecular complexity index is 850. The Morgan fingerprint density at radius 2 is 1.83 bits per heavy atom. The van der Waals surface area contributed by atoms with Crippen LogP contribution in [0.2, 0.25) is 0 Å². The maximum atomic E-state index is 12.6. The van der Waals surface area contributed by atoms with Crippen LogP contribution in [-0.2, 0) is 10.0 Å². The molecule has 2 rings (SSSR count). The standard InChI is InChI=1S/C16H17IN2O3S/c1-11-10-12(17)8-9-14(11)18-16(20)13-6-4-5-7-15(13)19(2)23(3,21)22/h4-10H,1-3H3,(H,18,20). The molecule has 0 aliphatic rings. The van der Waals surface area contributed by atoms with E-state index in [0.29, 0.717) is 16.9 Å². The topological polar surface area (TPSA) is 66.5 Å². The van der Waals surface area contributed by atoms with Crippen LogP contribution in [0.5, 0.6) is 0 Å². The van der Waals surface area contributed by atoms with Crippen LogP contribution in [0.1, 0.15) is 15.9 Å². The van der Waals surface area contributed by atoms with Crippen molar-refractivity contribution in [3.05, 3.63) is 57.2 Å². The molecule has 0 unspecified atom stereocenters. The molecule has 0 aliphatic carbocycles. The molecule has 7 heteroatoms. The number of halogens is 1. The SMILES string of the molecule is Cc1cc(I)ccc1NC(=O)c1ccccc1N(C)S(C)(=O)=O. The molecular weight excluding hydrogens is 427 g/mol. The summed E-state index contributed by atoms with van der Waals surface area (Å²) in [5.74, 6) is -0.347. The minimum Gasteiger partial charge on any atom is -0.322 e. The molecule has 0 saturated heterocycles. The number of nitrogens with one attached hydrogen (secondary N) is 1. The highest BCUT2D eigenvalue weighted by Gasteiger charge is 2.19. The first-order chi connectivity index (χ1) is 10.7. The number of rotatable bonds is 4. The molecule has 1 amide bonds. The van der Waals surface area contributed by atoms with Crippen LogP contribution in [0.25, 0.3) is 0 Å². The van der Waals surface area contributed by atoms with Crippen molar-refractivity contribution in [2.24, 2.45) is 0 Å². The highest BCUT2D eigenvalue weighted by Crippen LogP contribution is 2.24. The summed E-state index contributed by atoms with van der Waals surface area (Å²) < 4.78 is 25.7. The number of nitrogens with zero attached hydrogens (tertiary/aromatic N) is 1. The van der Waals surface area contributed by atoms with Crippen LogP contribution in [0, 0.1) is 10.5 Å². The van der Waals surface area contributed by atoms with E-state index in [4.69, 9.17) is 0 Å². The van der Waals surface area contributed by atoms with Crippen LogP contribution < -0.4 is 9.62 Å². The largest absolute Gasteiger partial charge is 0.322 e. The number of hydrogen-bond acceptors (Lipinski definition) is 3. The molecule has 0 aliphatic heterocycles. The van der Waals surface area contributed by atoms with Crippen molar-refractivity contribution in [2.45, 2.75) is 6.92 Å². The van der Waals surface area contributed by atoms with Gasteiger partial charge in [0.05, 0.1) is 17.5 Å². The Morgan fingerprint density at radius 3 is 2.43 bits per heavy atom. The van der Waals surface area contributed by atoms with Gasteiger partial charge in [-0.05, 0) is 65.4 Å². The van der Waals surface area contributed by atoms with Gasteiger partial charge in [0.2, 0.25) is 10.0 Å². The van der Waals surface area contributed by atoms with Crippen molar-refractivity contribution in [1.82, 2.24) is 0 Å². The highest BCUT2D eigenvalue weighted by atomic mass is 127. The molecule has 0 bridgehead atoms. The van der Waals surface area contributed by atoms with E-state index < -0.39 is 10.0 Å². The zero-order chi connectivity index (χ0) is 17.2. The van der Waals surface area contributed by atoms with E-state index in [0.717, 1.165) is 19.7 Å². The summed E-state index contributed by atoms with van der Waals surface area (Å²) >= 11 is 2.20. The second kappa shape index (κ2) is 6.88. The summed E-state index contributed by atoms with van der Waals surface area (Å²) in [6.07, 6.45) is 1.10. The third kappa shape index (κ3) is 4.23. The average molecular weight is 444 g/mol. The Hall–Kier alpha value is -1.61. The van der Waals surface area contributed by atoms with Gasteiger partial charge in [0.15, 0.2) is 0 Å². The molecule has 0 heterocycles. The van der Waals surface area contributed by atoms with E-state index in [-0.39, 0.29) is 5.91 Å². The predicted molar refractivity (Wildman–Crippen MR) is 102 cm³/mol. The van der Waals surface area contributed by atoms with Gasteiger partial charge < -0.3 is 5.32 Å². The van der Waals surface area contributed by atoms with Gasteiger partial charge in [-0.2, -0.15) is 0 Å². The van der Waals surface area contributed by atoms with Crippen LogP contribution in [0.3, 0.4) is 0 Å². The summed E-state index contributed by atoms with van der Waals surface area (Å²) in [6.45, 7) is 1.91. The Balaban J connectivity index is 2.37. The lowest BCUT2D eigenvalue weighted by Gasteiger charge is -2.20. The van der Waals surface area contributed by atoms with E-state index in [1.807, 2.05) is 25.1 Å². The second-order valence-electron chi connectivity index (χ2n) is 5.16. The Labute approximate surface area is 149 Å². The van der Waals surface area contributed by atoms with E-state index in [1.165, 1.54) is 7.05 Å². The molecule has 0 spiro atoms. The number of sulfonamides is 1. The van der Waals surface area contributed by atoms with E-state index in [1.54, 1.807) is 24.3 Å². The van der Waals surface area contributed by atoms with Crippen molar-refractivity contribution >= 4 is 49.9 Å². The number of anilines is 2. The summed E-state index contributed by atoms with van der Waals surface area (Å²) in [7, 11) is -2.02. The molecular formula is C16H17IN2O3S. The molecule has 122 valence electrons. The minimum atomic E-state index is -3.45. The monoisotopic (exact) mass is 444 g/mol. The highest BCUT2D eigenvalue weighted by molar-refractivity contribution is 14.1. The fourth-order valence-electron chi connectivity index (χ4n) is 2.08. The van der Waals surface area contributed by atoms with Crippen molar-refractivity contribution in [3.8, 4) is 0 Å². The lowest BCUT2D eigenvalue weighted by atomic mass is 10.1. The smallest absolute Gasteiger partial charge is 0.257 e. The number of carbonyl (C=O) groups is 1. The van der Waals surface area contributed by atoms with Gasteiger partial charge >= 0.3 is 0 Å². The normalized spacial score (nSPS) is 11.1. The number of hydrogen-bond donors (Lipinski definition) is 1. The molecule has 1 N–H and O–H groups in total. The first kappa shape index (κ1) is 17.7. The van der Waals surface area contributed by atoms with Gasteiger partial charge in [-0.1, -0.05) is 12.1 Å². The zero-order valence-electron chi connectivity index (χ0n) is 13.0. The van der Waals surface area contributed by atoms with Gasteiger partial charge in [-0.15, -0.1) is 0 Å². The van der Waals surface area contributed by atoms with Crippen molar-refractivity contribution in [3.63, 3.8) is 0 Å². The summed E-state index contributed by atoms with van der Waals surface area (Å²) in [4.78, 5) is 12.6. The first-order valence-electron chi connectivity index (χ1n) is 6.80. The lowest BCUT2D eigenvalue weighted by molar-refractivity contribution is 0.102. The number of benzene rings is 2. The van der Waals surface area contributed by atoms with E-state index in [9.17, 15) is 13.2 Å². The number of amides is 1. The molecule has 2 aromatic carbocycles. The average Bonchev–Trinajstić information content (AvgIpc) is 2.48. The maximum absolute atomic E-state index is 12.6. The van der Waals surface area contributed by atoms with Gasteiger partial charge in [-0.3, -0.25) is 9.10 Å². The minimum absolute atomic E-state index is 0.304. The molecule has 5 nitrogen and oxygen atoms in total. The molecule has 0 atom stereocenters. The number of para-hydroxylation sites is 1. The van der Waals surface area contributed by atoms with E-state index in [2.05, 4.69) is 27.9 Å². The molecule has 0 radical (unpaired) electrons. The summed E-state index contributed by atoms with van der Waals surface area (Å²) in [5.41, 5.74) is 2.29. The molecule has 2 aromatic rings. The fourth-order valence-corrected chi connectivity index (χ4v) is 3.24. The number of aryl methyl sites for hydroxylation is 1. The van der Waals surface area contributed by atoms with Gasteiger partial charge in [-0.25, -0.2) is 8.42 Å². The Kier molecular flexibility index (Phi) is 5.30. The predicted octanol–water partition coefficient (Wildman–Crippen LogP) is 3.25. The fraction of sp³-hybridized carbons (Fsp3) is 0.188. The van der Waals surface area contributed by atoms with Crippen LogP contribution in [0.15, 0.2) is 42.5 Å². The number of carbonyl (C=O) groups excluding carboxylic acids is 1. The van der Waals surface area contributed by atoms with E-state index >= 15 is 0 Å². The molecule has 23 heavy (non-hydrogen) atoms. The first-order valence-corrected chi connectivity index (χ1v) is 9.73. The van der Waals surface area contributed by atoms with Gasteiger partial charge in [0.1, 0.15) is 0 Å². The summed E-state index contributed by atoms with van der Waals surface area (Å²) in [6, 6.07) is 12.3. The summed E-state index contributed by atoms with van der Waals surface area (Å²) in [5, 5.41) is 2.84.